The van der Waals surface area contributed by atoms with Crippen LogP contribution in [0, 0.1) is 0 Å². The van der Waals surface area contributed by atoms with Crippen LogP contribution in [0.1, 0.15) is 46.4 Å². The number of anilines is 3. The largest absolute Gasteiger partial charge is 0.501 e. The second-order valence-electron chi connectivity index (χ2n) is 11.9. The molecule has 1 atom stereocenters. The fourth-order valence-corrected chi connectivity index (χ4v) is 7.45. The van der Waals surface area contributed by atoms with E-state index in [1.165, 1.54) is 44.8 Å². The van der Waals surface area contributed by atoms with E-state index in [0.29, 0.717) is 12.6 Å². The summed E-state index contributed by atoms with van der Waals surface area (Å²) >= 11 is 0. The summed E-state index contributed by atoms with van der Waals surface area (Å²) in [5.74, 6) is -1.12. The summed E-state index contributed by atoms with van der Waals surface area (Å²) in [6, 6.07) is 6.42. The predicted octanol–water partition coefficient (Wildman–Crippen LogP) is 3.45. The lowest BCUT2D eigenvalue weighted by atomic mass is 9.43. The number of benzene rings is 1. The molecule has 1 aromatic carbocycles. The molecule has 17 heteroatoms. The molecule has 2 bridgehead atoms. The van der Waals surface area contributed by atoms with Gasteiger partial charge in [-0.3, -0.25) is 14.5 Å². The van der Waals surface area contributed by atoms with Crippen molar-refractivity contribution in [2.24, 2.45) is 0 Å². The number of nitrogens with one attached hydrogen (secondary N) is 3. The lowest BCUT2D eigenvalue weighted by molar-refractivity contribution is -0.145. The van der Waals surface area contributed by atoms with Crippen molar-refractivity contribution in [2.75, 3.05) is 43.3 Å². The van der Waals surface area contributed by atoms with Gasteiger partial charge in [0.1, 0.15) is 17.1 Å². The summed E-state index contributed by atoms with van der Waals surface area (Å²) in [7, 11) is -2.98. The van der Waals surface area contributed by atoms with Gasteiger partial charge in [0.25, 0.3) is 21.7 Å². The van der Waals surface area contributed by atoms with E-state index in [9.17, 15) is 36.3 Å². The van der Waals surface area contributed by atoms with Crippen molar-refractivity contribution in [3.05, 3.63) is 59.9 Å². The van der Waals surface area contributed by atoms with E-state index in [1.54, 1.807) is 0 Å². The van der Waals surface area contributed by atoms with Gasteiger partial charge in [0.15, 0.2) is 0 Å². The van der Waals surface area contributed by atoms with Gasteiger partial charge in [0.2, 0.25) is 5.88 Å². The fraction of sp³-hybridized carbons (Fsp3) is 0.400. The number of aliphatic hydroxyl groups excluding tert-OH is 1. The van der Waals surface area contributed by atoms with E-state index in [0.717, 1.165) is 44.4 Å². The number of β-amino-alcohol motifs (C(OH)–C–C–N with tert-alkyl or cyclic N) is 1. The van der Waals surface area contributed by atoms with E-state index in [2.05, 4.69) is 30.8 Å². The summed E-state index contributed by atoms with van der Waals surface area (Å²) in [6.45, 7) is 1.48. The van der Waals surface area contributed by atoms with Crippen LogP contribution in [0.3, 0.4) is 0 Å². The first kappa shape index (κ1) is 32.5. The van der Waals surface area contributed by atoms with Crippen molar-refractivity contribution in [3.8, 4) is 11.6 Å². The van der Waals surface area contributed by atoms with Crippen LogP contribution in [0.4, 0.5) is 30.4 Å². The van der Waals surface area contributed by atoms with Crippen molar-refractivity contribution in [1.29, 1.82) is 0 Å². The molecule has 3 saturated carbocycles. The van der Waals surface area contributed by atoms with Crippen LogP contribution in [0.5, 0.6) is 11.6 Å². The smallest absolute Gasteiger partial charge is 0.496 e. The molecule has 2 amide bonds. The Labute approximate surface area is 267 Å². The molecule has 0 spiro atoms. The molecular weight excluding hydrogens is 645 g/mol. The third kappa shape index (κ3) is 5.82. The zero-order chi connectivity index (χ0) is 33.8. The van der Waals surface area contributed by atoms with Gasteiger partial charge in [0, 0.05) is 42.1 Å². The number of sulfone groups is 1. The number of rotatable bonds is 10. The second kappa shape index (κ2) is 11.6. The van der Waals surface area contributed by atoms with Crippen LogP contribution < -0.4 is 25.4 Å². The van der Waals surface area contributed by atoms with E-state index in [-0.39, 0.29) is 57.1 Å². The van der Waals surface area contributed by atoms with Gasteiger partial charge >= 0.3 is 5.51 Å². The zero-order valence-electron chi connectivity index (χ0n) is 25.2. The predicted molar refractivity (Wildman–Crippen MR) is 162 cm³/mol. The highest BCUT2D eigenvalue weighted by Crippen LogP contribution is 2.65. The van der Waals surface area contributed by atoms with Crippen LogP contribution in [0.2, 0.25) is 0 Å². The first-order chi connectivity index (χ1) is 22.2. The molecule has 1 saturated heterocycles. The topological polar surface area (TPSA) is 172 Å². The number of hydrogen-bond acceptors (Lipinski definition) is 11. The molecule has 1 aliphatic heterocycles. The summed E-state index contributed by atoms with van der Waals surface area (Å²) < 4.78 is 73.7. The Balaban J connectivity index is 1.23. The number of methoxy groups -OCH3 is 2. The number of hydrogen-bond donors (Lipinski definition) is 4. The number of likely N-dealkylation sites (tertiary alicyclic amines) is 1. The molecule has 2 aromatic heterocycles. The molecule has 3 aliphatic carbocycles. The molecule has 7 rings (SSSR count). The SMILES string of the molecule is COc1cc(C(=O)Nc2cccc(S(=O)(=O)C(F)(F)F)c2)c(NC(=O)c2c(OC)ccnc2NC23CC(N4CCC(O)C4)(C2)C3)cn1. The highest BCUT2D eigenvalue weighted by Gasteiger charge is 2.71. The van der Waals surface area contributed by atoms with Gasteiger partial charge in [0.05, 0.1) is 42.7 Å². The van der Waals surface area contributed by atoms with Gasteiger partial charge in [-0.1, -0.05) is 6.07 Å². The minimum absolute atomic E-state index is 0.00839. The first-order valence-corrected chi connectivity index (χ1v) is 16.0. The summed E-state index contributed by atoms with van der Waals surface area (Å²) in [5.41, 5.74) is -6.22. The van der Waals surface area contributed by atoms with E-state index in [1.807, 2.05) is 0 Å². The Bertz CT molecular complexity index is 1840. The van der Waals surface area contributed by atoms with Gasteiger partial charge < -0.3 is 30.5 Å². The number of carbonyl (C=O) groups is 2. The Kier molecular flexibility index (Phi) is 8.04. The number of amides is 2. The molecule has 3 heterocycles. The van der Waals surface area contributed by atoms with Crippen molar-refractivity contribution in [2.45, 2.75) is 53.3 Å². The highest BCUT2D eigenvalue weighted by molar-refractivity contribution is 7.92. The van der Waals surface area contributed by atoms with Crippen LogP contribution in [-0.4, -0.2) is 90.2 Å². The van der Waals surface area contributed by atoms with Crippen LogP contribution in [0.25, 0.3) is 0 Å². The van der Waals surface area contributed by atoms with Crippen LogP contribution >= 0.6 is 0 Å². The lowest BCUT2D eigenvalue weighted by Gasteiger charge is -2.73. The third-order valence-corrected chi connectivity index (χ3v) is 10.4. The van der Waals surface area contributed by atoms with Crippen molar-refractivity contribution < 1.29 is 45.8 Å². The second-order valence-corrected chi connectivity index (χ2v) is 13.9. The van der Waals surface area contributed by atoms with E-state index in [4.69, 9.17) is 9.47 Å². The zero-order valence-corrected chi connectivity index (χ0v) is 26.0. The molecule has 1 unspecified atom stereocenters. The molecule has 3 aromatic rings. The average Bonchev–Trinajstić information content (AvgIpc) is 3.43. The van der Waals surface area contributed by atoms with Crippen molar-refractivity contribution in [3.63, 3.8) is 0 Å². The van der Waals surface area contributed by atoms with E-state index >= 15 is 0 Å². The van der Waals surface area contributed by atoms with E-state index < -0.39 is 32.1 Å². The molecule has 0 radical (unpaired) electrons. The lowest BCUT2D eigenvalue weighted by Crippen LogP contribution is -2.81. The summed E-state index contributed by atoms with van der Waals surface area (Å²) in [4.78, 5) is 36.9. The van der Waals surface area contributed by atoms with Gasteiger partial charge in [-0.05, 0) is 49.9 Å². The maximum absolute atomic E-state index is 13.8. The number of halogens is 3. The number of ether oxygens (including phenoxy) is 2. The number of nitrogens with zero attached hydrogens (tertiary/aromatic N) is 3. The fourth-order valence-electron chi connectivity index (χ4n) is 6.65. The number of aliphatic hydroxyl groups is 1. The maximum atomic E-state index is 13.8. The Hall–Kier alpha value is -4.48. The molecule has 250 valence electrons. The number of carbonyl (C=O) groups excluding carboxylic acids is 2. The highest BCUT2D eigenvalue weighted by atomic mass is 32.2. The molecule has 4 aliphatic rings. The quantitative estimate of drug-likeness (QED) is 0.248. The van der Waals surface area contributed by atoms with Crippen molar-refractivity contribution >= 4 is 38.8 Å². The Morgan fingerprint density at radius 3 is 2.43 bits per heavy atom. The summed E-state index contributed by atoms with van der Waals surface area (Å²) in [6.07, 6.45) is 5.56. The number of alkyl halides is 3. The minimum atomic E-state index is -5.67. The molecule has 47 heavy (non-hydrogen) atoms. The standard InChI is InChI=1S/C30H31F3N6O7S/c1-45-22-6-8-34-25(38-28-14-29(15-28,16-28)39-9-7-18(40)13-39)24(22)27(42)37-21-12-35-23(46-2)11-20(21)26(41)36-17-4-3-5-19(10-17)47(43,44)30(31,32)33/h3-6,8,10-12,18,40H,7,9,13-16H2,1-2H3,(H,34,38)(H,36,41)(H,37,42). The number of pyridine rings is 2. The third-order valence-electron chi connectivity index (χ3n) is 8.87. The first-order valence-electron chi connectivity index (χ1n) is 14.5. The molecule has 4 N–H and O–H groups in total. The Morgan fingerprint density at radius 1 is 1.04 bits per heavy atom. The molecule has 13 nitrogen and oxygen atoms in total. The normalized spacial score (nSPS) is 23.7. The van der Waals surface area contributed by atoms with Gasteiger partial charge in [-0.15, -0.1) is 0 Å². The monoisotopic (exact) mass is 676 g/mol. The van der Waals surface area contributed by atoms with Gasteiger partial charge in [-0.25, -0.2) is 18.4 Å². The minimum Gasteiger partial charge on any atom is -0.496 e. The average molecular weight is 677 g/mol. The molecular formula is C30H31F3N6O7S. The molecule has 4 fully saturated rings. The van der Waals surface area contributed by atoms with Crippen LogP contribution in [0.15, 0.2) is 53.7 Å². The Morgan fingerprint density at radius 2 is 1.79 bits per heavy atom. The maximum Gasteiger partial charge on any atom is 0.501 e. The van der Waals surface area contributed by atoms with Gasteiger partial charge in [-0.2, -0.15) is 13.2 Å². The number of aromatic nitrogens is 2. The van der Waals surface area contributed by atoms with Crippen molar-refractivity contribution in [1.82, 2.24) is 14.9 Å². The summed E-state index contributed by atoms with van der Waals surface area (Å²) in [5, 5.41) is 18.4. The van der Waals surface area contributed by atoms with Crippen LogP contribution in [-0.2, 0) is 9.84 Å².